The average Bonchev–Trinajstić information content (AvgIpc) is 3.20. The van der Waals surface area contributed by atoms with E-state index in [1.165, 1.54) is 21.5 Å². The van der Waals surface area contributed by atoms with E-state index in [0.29, 0.717) is 5.82 Å². The van der Waals surface area contributed by atoms with Crippen molar-refractivity contribution in [1.29, 1.82) is 0 Å². The number of hydrogen-bond donors (Lipinski definition) is 0. The predicted octanol–water partition coefficient (Wildman–Crippen LogP) is 12.2. The van der Waals surface area contributed by atoms with Crippen LogP contribution in [-0.4, -0.2) is 15.0 Å². The Kier molecular flexibility index (Phi) is 7.49. The average molecular weight is 638 g/mol. The molecule has 7 aromatic carbocycles. The van der Waals surface area contributed by atoms with Crippen LogP contribution >= 0.6 is 0 Å². The number of fused-ring (bicyclic) bond motifs is 2. The maximum absolute atomic E-state index is 5.19. The molecule has 0 atom stereocenters. The summed E-state index contributed by atoms with van der Waals surface area (Å²) in [6, 6.07) is 64.0. The predicted molar refractivity (Wildman–Crippen MR) is 207 cm³/mol. The first kappa shape index (κ1) is 29.4. The van der Waals surface area contributed by atoms with Gasteiger partial charge in [-0.2, -0.15) is 0 Å². The van der Waals surface area contributed by atoms with E-state index < -0.39 is 0 Å². The molecule has 0 unspecified atom stereocenters. The van der Waals surface area contributed by atoms with Gasteiger partial charge in [0, 0.05) is 28.5 Å². The van der Waals surface area contributed by atoms with Gasteiger partial charge in [0.05, 0.1) is 17.1 Å². The Hall–Kier alpha value is -6.71. The van der Waals surface area contributed by atoms with Crippen molar-refractivity contribution in [2.24, 2.45) is 0 Å². The molecule has 9 rings (SSSR count). The Morgan fingerprint density at radius 3 is 1.40 bits per heavy atom. The van der Waals surface area contributed by atoms with Crippen LogP contribution in [0.4, 0.5) is 0 Å². The lowest BCUT2D eigenvalue weighted by Gasteiger charge is -2.14. The first-order valence-corrected chi connectivity index (χ1v) is 16.8. The summed E-state index contributed by atoms with van der Waals surface area (Å²) in [7, 11) is 0. The van der Waals surface area contributed by atoms with Crippen LogP contribution in [-0.2, 0) is 0 Å². The SMILES string of the molecule is c1ccc(-c2cc(-c3ccccc3)nc(-c3cc(-c4ccc(-c5ccccn5)cc4)cc(-c4ccc5cc6ccccc6cc5c4)c3)n2)cc1. The quantitative estimate of drug-likeness (QED) is 0.170. The normalized spacial score (nSPS) is 11.2. The second-order valence-corrected chi connectivity index (χ2v) is 12.5. The van der Waals surface area contributed by atoms with E-state index >= 15 is 0 Å². The largest absolute Gasteiger partial charge is 0.256 e. The minimum atomic E-state index is 0.685. The molecule has 50 heavy (non-hydrogen) atoms. The number of hydrogen-bond acceptors (Lipinski definition) is 3. The molecule has 0 bridgehead atoms. The zero-order valence-corrected chi connectivity index (χ0v) is 27.2. The molecule has 0 aliphatic carbocycles. The maximum atomic E-state index is 5.19. The third kappa shape index (κ3) is 5.82. The molecule has 234 valence electrons. The van der Waals surface area contributed by atoms with E-state index in [1.807, 2.05) is 36.5 Å². The molecule has 3 nitrogen and oxygen atoms in total. The summed E-state index contributed by atoms with van der Waals surface area (Å²) in [5.74, 6) is 0.685. The lowest BCUT2D eigenvalue weighted by Crippen LogP contribution is -1.97. The molecule has 3 heteroatoms. The lowest BCUT2D eigenvalue weighted by molar-refractivity contribution is 1.18. The topological polar surface area (TPSA) is 38.7 Å². The maximum Gasteiger partial charge on any atom is 0.160 e. The van der Waals surface area contributed by atoms with Gasteiger partial charge in [-0.1, -0.05) is 127 Å². The highest BCUT2D eigenvalue weighted by molar-refractivity contribution is 6.00. The summed E-state index contributed by atoms with van der Waals surface area (Å²) in [5, 5.41) is 4.91. The number of nitrogens with zero attached hydrogens (tertiary/aromatic N) is 3. The second kappa shape index (κ2) is 12.7. The molecule has 2 heterocycles. The fourth-order valence-corrected chi connectivity index (χ4v) is 6.67. The molecule has 9 aromatic rings. The minimum Gasteiger partial charge on any atom is -0.256 e. The van der Waals surface area contributed by atoms with Crippen LogP contribution in [0.5, 0.6) is 0 Å². The molecule has 0 N–H and O–H groups in total. The molecule has 0 aliphatic rings. The van der Waals surface area contributed by atoms with E-state index in [-0.39, 0.29) is 0 Å². The molecule has 0 saturated heterocycles. The van der Waals surface area contributed by atoms with Gasteiger partial charge < -0.3 is 0 Å². The third-order valence-corrected chi connectivity index (χ3v) is 9.27. The van der Waals surface area contributed by atoms with Crippen molar-refractivity contribution >= 4 is 21.5 Å². The van der Waals surface area contributed by atoms with E-state index in [2.05, 4.69) is 157 Å². The van der Waals surface area contributed by atoms with Crippen LogP contribution in [0.2, 0.25) is 0 Å². The number of aromatic nitrogens is 3. The highest BCUT2D eigenvalue weighted by atomic mass is 14.9. The van der Waals surface area contributed by atoms with Crippen LogP contribution in [0.1, 0.15) is 0 Å². The van der Waals surface area contributed by atoms with Gasteiger partial charge in [-0.25, -0.2) is 9.97 Å². The summed E-state index contributed by atoms with van der Waals surface area (Å²) < 4.78 is 0. The van der Waals surface area contributed by atoms with Crippen LogP contribution in [0, 0.1) is 0 Å². The van der Waals surface area contributed by atoms with Crippen LogP contribution in [0.3, 0.4) is 0 Å². The second-order valence-electron chi connectivity index (χ2n) is 12.5. The minimum absolute atomic E-state index is 0.685. The van der Waals surface area contributed by atoms with E-state index in [9.17, 15) is 0 Å². The van der Waals surface area contributed by atoms with Crippen LogP contribution in [0.15, 0.2) is 188 Å². The lowest BCUT2D eigenvalue weighted by atomic mass is 9.93. The molecule has 2 aromatic heterocycles. The molecule has 0 radical (unpaired) electrons. The van der Waals surface area contributed by atoms with Crippen molar-refractivity contribution in [1.82, 2.24) is 15.0 Å². The van der Waals surface area contributed by atoms with Crippen molar-refractivity contribution in [3.8, 4) is 67.4 Å². The van der Waals surface area contributed by atoms with Gasteiger partial charge in [0.25, 0.3) is 0 Å². The molecule has 0 fully saturated rings. The summed E-state index contributed by atoms with van der Waals surface area (Å²) in [6.07, 6.45) is 1.83. The van der Waals surface area contributed by atoms with Crippen LogP contribution in [0.25, 0.3) is 89.0 Å². The highest BCUT2D eigenvalue weighted by Crippen LogP contribution is 2.36. The van der Waals surface area contributed by atoms with Crippen LogP contribution < -0.4 is 0 Å². The van der Waals surface area contributed by atoms with Gasteiger partial charge in [-0.3, -0.25) is 4.98 Å². The Morgan fingerprint density at radius 2 is 0.760 bits per heavy atom. The van der Waals surface area contributed by atoms with E-state index in [1.54, 1.807) is 0 Å². The molecule has 0 aliphatic heterocycles. The fourth-order valence-electron chi connectivity index (χ4n) is 6.67. The fraction of sp³-hybridized carbons (Fsp3) is 0. The summed E-state index contributed by atoms with van der Waals surface area (Å²) in [5.41, 5.74) is 11.3. The Labute approximate surface area is 291 Å². The Bertz CT molecular complexity index is 2560. The molecule has 0 spiro atoms. The van der Waals surface area contributed by atoms with Crippen molar-refractivity contribution in [2.75, 3.05) is 0 Å². The standard InChI is InChI=1S/C47H31N3/c1-3-11-33(12-4-1)45-31-46(34-13-5-2-6-14-34)50-47(49-45)43-29-40(32-18-20-35(21-19-32)44-17-9-10-24-48-44)28-42(30-43)39-23-22-38-25-36-15-7-8-16-37(36)26-41(38)27-39/h1-31H. The Balaban J connectivity index is 1.23. The van der Waals surface area contributed by atoms with Crippen molar-refractivity contribution < 1.29 is 0 Å². The molecular weight excluding hydrogens is 607 g/mol. The third-order valence-electron chi connectivity index (χ3n) is 9.27. The van der Waals surface area contributed by atoms with Gasteiger partial charge >= 0.3 is 0 Å². The van der Waals surface area contributed by atoms with E-state index in [4.69, 9.17) is 9.97 Å². The summed E-state index contributed by atoms with van der Waals surface area (Å²) >= 11 is 0. The van der Waals surface area contributed by atoms with Crippen molar-refractivity contribution in [3.05, 3.63) is 188 Å². The van der Waals surface area contributed by atoms with Gasteiger partial charge in [-0.05, 0) is 98.4 Å². The van der Waals surface area contributed by atoms with Gasteiger partial charge in [0.2, 0.25) is 0 Å². The van der Waals surface area contributed by atoms with Gasteiger partial charge in [0.15, 0.2) is 5.82 Å². The molecule has 0 saturated carbocycles. The monoisotopic (exact) mass is 637 g/mol. The van der Waals surface area contributed by atoms with Gasteiger partial charge in [0.1, 0.15) is 0 Å². The Morgan fingerprint density at radius 1 is 0.260 bits per heavy atom. The number of pyridine rings is 1. The summed E-state index contributed by atoms with van der Waals surface area (Å²) in [6.45, 7) is 0. The van der Waals surface area contributed by atoms with Crippen molar-refractivity contribution in [2.45, 2.75) is 0 Å². The zero-order valence-electron chi connectivity index (χ0n) is 27.2. The first-order valence-electron chi connectivity index (χ1n) is 16.8. The zero-order chi connectivity index (χ0) is 33.3. The number of benzene rings is 7. The number of rotatable bonds is 6. The van der Waals surface area contributed by atoms with Gasteiger partial charge in [-0.15, -0.1) is 0 Å². The summed E-state index contributed by atoms with van der Waals surface area (Å²) in [4.78, 5) is 14.9. The molecule has 0 amide bonds. The highest BCUT2D eigenvalue weighted by Gasteiger charge is 2.14. The van der Waals surface area contributed by atoms with Crippen molar-refractivity contribution in [3.63, 3.8) is 0 Å². The smallest absolute Gasteiger partial charge is 0.160 e. The van der Waals surface area contributed by atoms with E-state index in [0.717, 1.165) is 61.6 Å². The first-order chi connectivity index (χ1) is 24.7. The molecular formula is C47H31N3.